The van der Waals surface area contributed by atoms with Crippen molar-refractivity contribution in [3.05, 3.63) is 42.0 Å². The van der Waals surface area contributed by atoms with Gasteiger partial charge in [-0.25, -0.2) is 0 Å². The van der Waals surface area contributed by atoms with Gasteiger partial charge in [-0.3, -0.25) is 4.90 Å². The molecule has 0 amide bonds. The molecule has 0 radical (unpaired) electrons. The zero-order chi connectivity index (χ0) is 17.3. The van der Waals surface area contributed by atoms with Gasteiger partial charge in [-0.2, -0.15) is 0 Å². The van der Waals surface area contributed by atoms with Gasteiger partial charge in [-0.05, 0) is 54.3 Å². The smallest absolute Gasteiger partial charge is 0.0440 e. The first kappa shape index (κ1) is 17.3. The molecule has 2 heteroatoms. The summed E-state index contributed by atoms with van der Waals surface area (Å²) >= 11 is 0. The van der Waals surface area contributed by atoms with E-state index in [-0.39, 0.29) is 0 Å². The Hall–Kier alpha value is -1.54. The number of hydrogen-bond donors (Lipinski definition) is 0. The summed E-state index contributed by atoms with van der Waals surface area (Å²) in [6, 6.07) is 13.4. The molecule has 2 aromatic carbocycles. The second-order valence-corrected chi connectivity index (χ2v) is 8.60. The van der Waals surface area contributed by atoms with E-state index in [0.29, 0.717) is 5.41 Å². The van der Waals surface area contributed by atoms with Crippen LogP contribution in [0.5, 0.6) is 0 Å². The van der Waals surface area contributed by atoms with Gasteiger partial charge >= 0.3 is 0 Å². The Morgan fingerprint density at radius 1 is 0.958 bits per heavy atom. The number of benzene rings is 2. The van der Waals surface area contributed by atoms with Crippen molar-refractivity contribution in [3.8, 4) is 0 Å². The van der Waals surface area contributed by atoms with Crippen LogP contribution in [0.4, 0.5) is 5.69 Å². The summed E-state index contributed by atoms with van der Waals surface area (Å²) in [5, 5.41) is 2.77. The molecule has 3 rings (SSSR count). The number of likely N-dealkylation sites (tertiary alicyclic amines) is 1. The number of hydrogen-bond acceptors (Lipinski definition) is 2. The first-order chi connectivity index (χ1) is 11.4. The molecule has 0 atom stereocenters. The van der Waals surface area contributed by atoms with E-state index in [9.17, 15) is 0 Å². The Balaban J connectivity index is 1.79. The Morgan fingerprint density at radius 3 is 2.17 bits per heavy atom. The summed E-state index contributed by atoms with van der Waals surface area (Å²) in [5.74, 6) is 0.863. The molecule has 2 nitrogen and oxygen atoms in total. The van der Waals surface area contributed by atoms with Crippen molar-refractivity contribution in [2.75, 3.05) is 32.1 Å². The number of rotatable bonds is 3. The molecule has 0 aromatic heterocycles. The average Bonchev–Trinajstić information content (AvgIpc) is 2.54. The van der Waals surface area contributed by atoms with E-state index in [2.05, 4.69) is 81.1 Å². The summed E-state index contributed by atoms with van der Waals surface area (Å²) in [7, 11) is 4.25. The molecule has 1 saturated heterocycles. The van der Waals surface area contributed by atoms with E-state index in [4.69, 9.17) is 0 Å². The maximum Gasteiger partial charge on any atom is 0.0440 e. The Kier molecular flexibility index (Phi) is 4.87. The number of piperidine rings is 1. The third-order valence-electron chi connectivity index (χ3n) is 5.68. The van der Waals surface area contributed by atoms with Gasteiger partial charge < -0.3 is 4.90 Å². The molecular formula is C22H32N2. The molecule has 0 N–H and O–H groups in total. The van der Waals surface area contributed by atoms with Crippen LogP contribution in [0.15, 0.2) is 36.4 Å². The van der Waals surface area contributed by atoms with Crippen LogP contribution in [0.25, 0.3) is 10.8 Å². The fourth-order valence-corrected chi connectivity index (χ4v) is 4.07. The summed E-state index contributed by atoms with van der Waals surface area (Å²) < 4.78 is 0. The summed E-state index contributed by atoms with van der Waals surface area (Å²) in [5.41, 5.74) is 3.22. The second-order valence-electron chi connectivity index (χ2n) is 8.60. The second kappa shape index (κ2) is 6.76. The van der Waals surface area contributed by atoms with E-state index in [1.54, 1.807) is 0 Å². The highest BCUT2D eigenvalue weighted by molar-refractivity contribution is 5.96. The minimum Gasteiger partial charge on any atom is -0.377 e. The Bertz CT molecular complexity index is 689. The van der Waals surface area contributed by atoms with Gasteiger partial charge in [0.2, 0.25) is 0 Å². The third kappa shape index (κ3) is 3.59. The lowest BCUT2D eigenvalue weighted by Crippen LogP contribution is -2.37. The van der Waals surface area contributed by atoms with Crippen molar-refractivity contribution in [2.45, 2.75) is 40.2 Å². The van der Waals surface area contributed by atoms with Crippen molar-refractivity contribution >= 4 is 16.5 Å². The number of fused-ring (bicyclic) bond motifs is 1. The highest BCUT2D eigenvalue weighted by Gasteiger charge is 2.28. The molecule has 1 aliphatic rings. The van der Waals surface area contributed by atoms with Crippen molar-refractivity contribution in [1.29, 1.82) is 0 Å². The summed E-state index contributed by atoms with van der Waals surface area (Å²) in [6.45, 7) is 10.7. The largest absolute Gasteiger partial charge is 0.377 e. The lowest BCUT2D eigenvalue weighted by atomic mass is 9.75. The van der Waals surface area contributed by atoms with Gasteiger partial charge in [-0.15, -0.1) is 0 Å². The van der Waals surface area contributed by atoms with Crippen LogP contribution in [-0.4, -0.2) is 32.1 Å². The SMILES string of the molecule is CN(C)c1ccc(CN2CCC(C(C)(C)C)CC2)c2ccccc12. The van der Waals surface area contributed by atoms with Crippen LogP contribution in [0.3, 0.4) is 0 Å². The van der Waals surface area contributed by atoms with Gasteiger partial charge in [-0.1, -0.05) is 51.1 Å². The maximum atomic E-state index is 2.64. The molecule has 0 unspecified atom stereocenters. The fraction of sp³-hybridized carbons (Fsp3) is 0.545. The molecule has 1 aliphatic heterocycles. The average molecular weight is 325 g/mol. The van der Waals surface area contributed by atoms with Gasteiger partial charge in [0, 0.05) is 31.7 Å². The van der Waals surface area contributed by atoms with Crippen LogP contribution in [0.2, 0.25) is 0 Å². The van der Waals surface area contributed by atoms with E-state index >= 15 is 0 Å². The molecule has 0 saturated carbocycles. The van der Waals surface area contributed by atoms with Crippen LogP contribution >= 0.6 is 0 Å². The van der Waals surface area contributed by atoms with Gasteiger partial charge in [0.15, 0.2) is 0 Å². The Labute approximate surface area is 147 Å². The van der Waals surface area contributed by atoms with E-state index in [1.165, 1.54) is 48.0 Å². The molecule has 0 aliphatic carbocycles. The third-order valence-corrected chi connectivity index (χ3v) is 5.68. The first-order valence-electron chi connectivity index (χ1n) is 9.26. The normalized spacial score (nSPS) is 17.4. The molecule has 0 spiro atoms. The van der Waals surface area contributed by atoms with Crippen molar-refractivity contribution < 1.29 is 0 Å². The predicted octanol–water partition coefficient (Wildman–Crippen LogP) is 5.16. The summed E-state index contributed by atoms with van der Waals surface area (Å²) in [4.78, 5) is 4.85. The standard InChI is InChI=1S/C22H32N2/c1-22(2,3)18-12-14-24(15-13-18)16-17-10-11-21(23(4)5)20-9-7-6-8-19(17)20/h6-11,18H,12-16H2,1-5H3. The van der Waals surface area contributed by atoms with Crippen LogP contribution < -0.4 is 4.90 Å². The van der Waals surface area contributed by atoms with E-state index in [1.807, 2.05) is 0 Å². The molecule has 1 fully saturated rings. The van der Waals surface area contributed by atoms with E-state index in [0.717, 1.165) is 12.5 Å². The highest BCUT2D eigenvalue weighted by atomic mass is 15.1. The molecule has 1 heterocycles. The minimum atomic E-state index is 0.451. The predicted molar refractivity (Wildman–Crippen MR) is 106 cm³/mol. The van der Waals surface area contributed by atoms with Crippen LogP contribution in [-0.2, 0) is 6.54 Å². The highest BCUT2D eigenvalue weighted by Crippen LogP contribution is 2.35. The van der Waals surface area contributed by atoms with Gasteiger partial charge in [0.05, 0.1) is 0 Å². The minimum absolute atomic E-state index is 0.451. The molecular weight excluding hydrogens is 292 g/mol. The van der Waals surface area contributed by atoms with Crippen molar-refractivity contribution in [3.63, 3.8) is 0 Å². The van der Waals surface area contributed by atoms with Gasteiger partial charge in [0.25, 0.3) is 0 Å². The monoisotopic (exact) mass is 324 g/mol. The molecule has 130 valence electrons. The Morgan fingerprint density at radius 2 is 1.58 bits per heavy atom. The van der Waals surface area contributed by atoms with Crippen molar-refractivity contribution in [1.82, 2.24) is 4.90 Å². The fourth-order valence-electron chi connectivity index (χ4n) is 4.07. The maximum absolute atomic E-state index is 2.64. The quantitative estimate of drug-likeness (QED) is 0.769. The number of nitrogens with zero attached hydrogens (tertiary/aromatic N) is 2. The zero-order valence-electron chi connectivity index (χ0n) is 16.0. The van der Waals surface area contributed by atoms with Crippen LogP contribution in [0, 0.1) is 11.3 Å². The lowest BCUT2D eigenvalue weighted by molar-refractivity contribution is 0.108. The van der Waals surface area contributed by atoms with Crippen LogP contribution in [0.1, 0.15) is 39.2 Å². The molecule has 2 aromatic rings. The number of anilines is 1. The molecule has 24 heavy (non-hydrogen) atoms. The van der Waals surface area contributed by atoms with E-state index < -0.39 is 0 Å². The first-order valence-corrected chi connectivity index (χ1v) is 9.26. The van der Waals surface area contributed by atoms with Crippen molar-refractivity contribution in [2.24, 2.45) is 11.3 Å². The topological polar surface area (TPSA) is 6.48 Å². The zero-order valence-corrected chi connectivity index (χ0v) is 16.0. The summed E-state index contributed by atoms with van der Waals surface area (Å²) in [6.07, 6.45) is 2.66. The van der Waals surface area contributed by atoms with Gasteiger partial charge in [0.1, 0.15) is 0 Å². The lowest BCUT2D eigenvalue weighted by Gasteiger charge is -2.39. The molecule has 0 bridgehead atoms.